The van der Waals surface area contributed by atoms with E-state index < -0.39 is 0 Å². The highest BCUT2D eigenvalue weighted by atomic mass is 17.3. The Morgan fingerprint density at radius 1 is 1.50 bits per heavy atom. The van der Waals surface area contributed by atoms with Gasteiger partial charge in [0.25, 0.3) is 0 Å². The van der Waals surface area contributed by atoms with Gasteiger partial charge in [0.1, 0.15) is 0 Å². The Bertz CT molecular complexity index is 197. The standard InChI is InChI=1S/C6H8N2O2/c1-5-2-3-6(4-8-5)9-10-7/h2-4H,7H2,1H3. The lowest BCUT2D eigenvalue weighted by Crippen LogP contribution is -2.03. The molecule has 0 aliphatic rings. The van der Waals surface area contributed by atoms with E-state index in [0.29, 0.717) is 5.75 Å². The van der Waals surface area contributed by atoms with Crippen molar-refractivity contribution in [2.24, 2.45) is 5.90 Å². The van der Waals surface area contributed by atoms with E-state index in [1.807, 2.05) is 6.92 Å². The summed E-state index contributed by atoms with van der Waals surface area (Å²) in [6.45, 7) is 1.88. The predicted octanol–water partition coefficient (Wildman–Crippen LogP) is 0.574. The average molecular weight is 140 g/mol. The molecule has 0 unspecified atom stereocenters. The van der Waals surface area contributed by atoms with Crippen molar-refractivity contribution in [3.63, 3.8) is 0 Å². The fraction of sp³-hybridized carbons (Fsp3) is 0.167. The largest absolute Gasteiger partial charge is 0.318 e. The van der Waals surface area contributed by atoms with Crippen LogP contribution in [0, 0.1) is 6.92 Å². The molecule has 0 aliphatic heterocycles. The Labute approximate surface area is 58.5 Å². The van der Waals surface area contributed by atoms with Gasteiger partial charge in [-0.3, -0.25) is 4.98 Å². The molecular formula is C6H8N2O2. The smallest absolute Gasteiger partial charge is 0.185 e. The van der Waals surface area contributed by atoms with Crippen molar-refractivity contribution in [3.8, 4) is 5.75 Å². The van der Waals surface area contributed by atoms with Crippen LogP contribution < -0.4 is 10.8 Å². The molecule has 54 valence electrons. The van der Waals surface area contributed by atoms with Gasteiger partial charge in [0.2, 0.25) is 0 Å². The maximum absolute atomic E-state index is 4.65. The first-order valence-electron chi connectivity index (χ1n) is 2.79. The maximum Gasteiger partial charge on any atom is 0.185 e. The predicted molar refractivity (Wildman–Crippen MR) is 34.9 cm³/mol. The van der Waals surface area contributed by atoms with Crippen molar-refractivity contribution in [1.29, 1.82) is 0 Å². The third kappa shape index (κ3) is 1.68. The summed E-state index contributed by atoms with van der Waals surface area (Å²) in [6, 6.07) is 3.52. The number of aromatic nitrogens is 1. The molecule has 2 N–H and O–H groups in total. The summed E-state index contributed by atoms with van der Waals surface area (Å²) in [5.41, 5.74) is 0.921. The molecule has 0 radical (unpaired) electrons. The molecule has 4 nitrogen and oxygen atoms in total. The summed E-state index contributed by atoms with van der Waals surface area (Å²) in [5, 5.41) is 0. The molecule has 0 atom stereocenters. The van der Waals surface area contributed by atoms with E-state index >= 15 is 0 Å². The molecule has 0 bridgehead atoms. The summed E-state index contributed by atoms with van der Waals surface area (Å²) in [6.07, 6.45) is 1.53. The lowest BCUT2D eigenvalue weighted by Gasteiger charge is -1.97. The molecule has 1 aromatic heterocycles. The van der Waals surface area contributed by atoms with Gasteiger partial charge in [-0.1, -0.05) is 4.99 Å². The molecule has 0 saturated carbocycles. The van der Waals surface area contributed by atoms with E-state index in [1.54, 1.807) is 12.1 Å². The van der Waals surface area contributed by atoms with E-state index in [-0.39, 0.29) is 0 Å². The second-order valence-electron chi connectivity index (χ2n) is 1.81. The normalized spacial score (nSPS) is 9.40. The third-order valence-corrected chi connectivity index (χ3v) is 1.03. The Kier molecular flexibility index (Phi) is 2.20. The van der Waals surface area contributed by atoms with Crippen LogP contribution in [0.15, 0.2) is 18.3 Å². The molecule has 0 amide bonds. The molecule has 0 aromatic carbocycles. The molecule has 1 heterocycles. The van der Waals surface area contributed by atoms with Gasteiger partial charge in [-0.15, -0.1) is 0 Å². The summed E-state index contributed by atoms with van der Waals surface area (Å²) >= 11 is 0. The molecule has 10 heavy (non-hydrogen) atoms. The van der Waals surface area contributed by atoms with Crippen molar-refractivity contribution in [2.75, 3.05) is 0 Å². The molecule has 0 spiro atoms. The van der Waals surface area contributed by atoms with Crippen molar-refractivity contribution >= 4 is 0 Å². The summed E-state index contributed by atoms with van der Waals surface area (Å²) in [4.78, 5) is 12.3. The summed E-state index contributed by atoms with van der Waals surface area (Å²) in [5.74, 6) is 5.14. The fourth-order valence-electron chi connectivity index (χ4n) is 0.559. The van der Waals surface area contributed by atoms with Gasteiger partial charge < -0.3 is 4.89 Å². The van der Waals surface area contributed by atoms with Crippen LogP contribution in [0.2, 0.25) is 0 Å². The average Bonchev–Trinajstić information content (AvgIpc) is 1.95. The minimum atomic E-state index is 0.494. The molecular weight excluding hydrogens is 132 g/mol. The number of aryl methyl sites for hydroxylation is 1. The van der Waals surface area contributed by atoms with Gasteiger partial charge in [0.05, 0.1) is 6.20 Å². The number of rotatable bonds is 2. The van der Waals surface area contributed by atoms with Crippen molar-refractivity contribution < 1.29 is 9.88 Å². The zero-order chi connectivity index (χ0) is 7.40. The lowest BCUT2D eigenvalue weighted by molar-refractivity contribution is -0.211. The Morgan fingerprint density at radius 2 is 2.30 bits per heavy atom. The van der Waals surface area contributed by atoms with Crippen LogP contribution in [-0.4, -0.2) is 4.98 Å². The Morgan fingerprint density at radius 3 is 2.80 bits per heavy atom. The van der Waals surface area contributed by atoms with Gasteiger partial charge in [-0.05, 0) is 19.1 Å². The van der Waals surface area contributed by atoms with E-state index in [2.05, 4.69) is 20.8 Å². The van der Waals surface area contributed by atoms with Crippen molar-refractivity contribution in [2.45, 2.75) is 6.92 Å². The lowest BCUT2D eigenvalue weighted by atomic mass is 10.4. The van der Waals surface area contributed by atoms with E-state index in [4.69, 9.17) is 0 Å². The summed E-state index contributed by atoms with van der Waals surface area (Å²) in [7, 11) is 0. The number of nitrogens with zero attached hydrogens (tertiary/aromatic N) is 1. The first kappa shape index (κ1) is 6.98. The minimum absolute atomic E-state index is 0.494. The van der Waals surface area contributed by atoms with Crippen LogP contribution in [0.5, 0.6) is 5.75 Å². The number of nitrogens with two attached hydrogens (primary N) is 1. The van der Waals surface area contributed by atoms with Crippen molar-refractivity contribution in [3.05, 3.63) is 24.0 Å². The maximum atomic E-state index is 4.65. The molecule has 0 saturated heterocycles. The van der Waals surface area contributed by atoms with Crippen LogP contribution in [0.4, 0.5) is 0 Å². The van der Waals surface area contributed by atoms with Crippen LogP contribution in [0.1, 0.15) is 5.69 Å². The van der Waals surface area contributed by atoms with Gasteiger partial charge in [-0.2, -0.15) is 5.90 Å². The molecule has 0 aliphatic carbocycles. The van der Waals surface area contributed by atoms with Gasteiger partial charge in [0, 0.05) is 5.69 Å². The highest BCUT2D eigenvalue weighted by Gasteiger charge is 1.91. The van der Waals surface area contributed by atoms with Gasteiger partial charge in [-0.25, -0.2) is 0 Å². The van der Waals surface area contributed by atoms with Crippen LogP contribution in [0.25, 0.3) is 0 Å². The first-order valence-corrected chi connectivity index (χ1v) is 2.79. The Hall–Kier alpha value is -1.13. The SMILES string of the molecule is Cc1ccc(OON)cn1. The number of pyridine rings is 1. The second-order valence-corrected chi connectivity index (χ2v) is 1.81. The van der Waals surface area contributed by atoms with Crippen LogP contribution in [0.3, 0.4) is 0 Å². The topological polar surface area (TPSA) is 57.4 Å². The third-order valence-electron chi connectivity index (χ3n) is 1.03. The fourth-order valence-corrected chi connectivity index (χ4v) is 0.559. The molecule has 4 heteroatoms. The molecule has 1 rings (SSSR count). The highest BCUT2D eigenvalue weighted by molar-refractivity contribution is 5.18. The first-order chi connectivity index (χ1) is 4.83. The van der Waals surface area contributed by atoms with E-state index in [1.165, 1.54) is 6.20 Å². The van der Waals surface area contributed by atoms with E-state index in [0.717, 1.165) is 5.69 Å². The van der Waals surface area contributed by atoms with Gasteiger partial charge in [0.15, 0.2) is 5.75 Å². The molecule has 1 aromatic rings. The quantitative estimate of drug-likeness (QED) is 0.482. The zero-order valence-corrected chi connectivity index (χ0v) is 5.57. The minimum Gasteiger partial charge on any atom is -0.318 e. The summed E-state index contributed by atoms with van der Waals surface area (Å²) < 4.78 is 0. The highest BCUT2D eigenvalue weighted by Crippen LogP contribution is 2.07. The van der Waals surface area contributed by atoms with E-state index in [9.17, 15) is 0 Å². The van der Waals surface area contributed by atoms with Crippen molar-refractivity contribution in [1.82, 2.24) is 4.98 Å². The second kappa shape index (κ2) is 3.14. The molecule has 0 fully saturated rings. The van der Waals surface area contributed by atoms with Gasteiger partial charge >= 0.3 is 0 Å². The van der Waals surface area contributed by atoms with Crippen LogP contribution in [-0.2, 0) is 4.99 Å². The van der Waals surface area contributed by atoms with Crippen LogP contribution >= 0.6 is 0 Å². The monoisotopic (exact) mass is 140 g/mol. The number of hydrogen-bond donors (Lipinski definition) is 1. The number of hydrogen-bond acceptors (Lipinski definition) is 4. The zero-order valence-electron chi connectivity index (χ0n) is 5.57. The Balaban J connectivity index is 2.69.